The molecule has 4 rings (SSSR count). The van der Waals surface area contributed by atoms with Crippen LogP contribution in [0.2, 0.25) is 5.02 Å². The predicted octanol–water partition coefficient (Wildman–Crippen LogP) is 4.38. The molecule has 168 valence electrons. The average Bonchev–Trinajstić information content (AvgIpc) is 3.39. The summed E-state index contributed by atoms with van der Waals surface area (Å²) in [5.41, 5.74) is 9.28. The van der Waals surface area contributed by atoms with Gasteiger partial charge in [-0.05, 0) is 43.3 Å². The number of carbonyl (C=O) groups excluding carboxylic acids is 1. The molecule has 0 atom stereocenters. The second-order valence-electron chi connectivity index (χ2n) is 7.28. The quantitative estimate of drug-likeness (QED) is 0.331. The van der Waals surface area contributed by atoms with E-state index in [0.29, 0.717) is 34.5 Å². The van der Waals surface area contributed by atoms with E-state index >= 15 is 0 Å². The molecule has 2 heterocycles. The standard InChI is InChI=1S/C23H22ClN7O2/c1-3-12-26-22-19(23-28-21(30-33-23)15-6-8-16(24)9-7-15)20(25)31(29-22)13-18(32)27-17-10-4-14(2)5-11-17/h3-11H,1,12-13,25H2,2H3,(H,26,29)(H,27,32). The largest absolute Gasteiger partial charge is 0.383 e. The number of nitrogen functional groups attached to an aromatic ring is 1. The fourth-order valence-electron chi connectivity index (χ4n) is 3.11. The Morgan fingerprint density at radius 1 is 1.21 bits per heavy atom. The van der Waals surface area contributed by atoms with Crippen molar-refractivity contribution >= 4 is 34.8 Å². The lowest BCUT2D eigenvalue weighted by Gasteiger charge is -2.07. The van der Waals surface area contributed by atoms with Gasteiger partial charge >= 0.3 is 0 Å². The number of anilines is 3. The molecule has 0 spiro atoms. The highest BCUT2D eigenvalue weighted by Gasteiger charge is 2.24. The second kappa shape index (κ2) is 9.58. The van der Waals surface area contributed by atoms with Crippen molar-refractivity contribution in [1.29, 1.82) is 0 Å². The van der Waals surface area contributed by atoms with Crippen molar-refractivity contribution in [2.24, 2.45) is 0 Å². The van der Waals surface area contributed by atoms with Crippen LogP contribution in [0.3, 0.4) is 0 Å². The van der Waals surface area contributed by atoms with Gasteiger partial charge in [-0.3, -0.25) is 4.79 Å². The summed E-state index contributed by atoms with van der Waals surface area (Å²) >= 11 is 5.95. The first-order valence-electron chi connectivity index (χ1n) is 10.1. The number of nitrogens with one attached hydrogen (secondary N) is 2. The van der Waals surface area contributed by atoms with Gasteiger partial charge in [0.25, 0.3) is 5.89 Å². The lowest BCUT2D eigenvalue weighted by molar-refractivity contribution is -0.116. The summed E-state index contributed by atoms with van der Waals surface area (Å²) in [7, 11) is 0. The van der Waals surface area contributed by atoms with Crippen molar-refractivity contribution in [2.75, 3.05) is 22.9 Å². The Balaban J connectivity index is 1.61. The van der Waals surface area contributed by atoms with Crippen LogP contribution < -0.4 is 16.4 Å². The normalized spacial score (nSPS) is 10.7. The van der Waals surface area contributed by atoms with Crippen molar-refractivity contribution in [3.63, 3.8) is 0 Å². The van der Waals surface area contributed by atoms with E-state index < -0.39 is 0 Å². The van der Waals surface area contributed by atoms with Gasteiger partial charge in [0.2, 0.25) is 11.7 Å². The minimum absolute atomic E-state index is 0.0966. The first kappa shape index (κ1) is 22.1. The van der Waals surface area contributed by atoms with E-state index in [2.05, 4.69) is 32.5 Å². The van der Waals surface area contributed by atoms with E-state index in [0.717, 1.165) is 11.1 Å². The van der Waals surface area contributed by atoms with Crippen molar-refractivity contribution < 1.29 is 9.32 Å². The van der Waals surface area contributed by atoms with E-state index in [9.17, 15) is 4.79 Å². The number of aryl methyl sites for hydroxylation is 1. The third-order valence-corrected chi connectivity index (χ3v) is 5.03. The number of rotatable bonds is 8. The van der Waals surface area contributed by atoms with Gasteiger partial charge in [0.1, 0.15) is 17.9 Å². The van der Waals surface area contributed by atoms with Crippen LogP contribution in [-0.4, -0.2) is 32.4 Å². The smallest absolute Gasteiger partial charge is 0.265 e. The highest BCUT2D eigenvalue weighted by atomic mass is 35.5. The van der Waals surface area contributed by atoms with Crippen LogP contribution in [0.1, 0.15) is 5.56 Å². The molecular weight excluding hydrogens is 442 g/mol. The molecule has 0 aliphatic carbocycles. The molecule has 1 amide bonds. The molecule has 0 bridgehead atoms. The molecule has 0 aliphatic rings. The third kappa shape index (κ3) is 5.04. The lowest BCUT2D eigenvalue weighted by atomic mass is 10.2. The van der Waals surface area contributed by atoms with Gasteiger partial charge in [0, 0.05) is 22.8 Å². The molecule has 0 saturated heterocycles. The summed E-state index contributed by atoms with van der Waals surface area (Å²) in [5, 5.41) is 15.0. The van der Waals surface area contributed by atoms with Gasteiger partial charge < -0.3 is 20.9 Å². The van der Waals surface area contributed by atoms with Crippen LogP contribution in [0.15, 0.2) is 65.7 Å². The van der Waals surface area contributed by atoms with Crippen molar-refractivity contribution in [3.8, 4) is 22.8 Å². The topological polar surface area (TPSA) is 124 Å². The summed E-state index contributed by atoms with van der Waals surface area (Å²) in [4.78, 5) is 17.0. The molecule has 0 radical (unpaired) electrons. The molecule has 9 nitrogen and oxygen atoms in total. The van der Waals surface area contributed by atoms with Crippen LogP contribution in [0, 0.1) is 6.92 Å². The molecule has 4 aromatic rings. The second-order valence-corrected chi connectivity index (χ2v) is 7.72. The van der Waals surface area contributed by atoms with Gasteiger partial charge in [0.15, 0.2) is 5.82 Å². The molecule has 0 saturated carbocycles. The molecule has 0 unspecified atom stereocenters. The summed E-state index contributed by atoms with van der Waals surface area (Å²) in [6.45, 7) is 6.01. The Morgan fingerprint density at radius 2 is 1.94 bits per heavy atom. The Morgan fingerprint density at radius 3 is 2.64 bits per heavy atom. The monoisotopic (exact) mass is 463 g/mol. The van der Waals surface area contributed by atoms with Crippen molar-refractivity contribution in [2.45, 2.75) is 13.5 Å². The first-order valence-corrected chi connectivity index (χ1v) is 10.5. The number of nitrogens with zero attached hydrogens (tertiary/aromatic N) is 4. The van der Waals surface area contributed by atoms with Crippen LogP contribution in [0.4, 0.5) is 17.3 Å². The van der Waals surface area contributed by atoms with Crippen LogP contribution >= 0.6 is 11.6 Å². The van der Waals surface area contributed by atoms with E-state index in [1.807, 2.05) is 31.2 Å². The molecule has 0 aliphatic heterocycles. The van der Waals surface area contributed by atoms with Gasteiger partial charge in [-0.15, -0.1) is 6.58 Å². The van der Waals surface area contributed by atoms with Crippen molar-refractivity contribution in [3.05, 3.63) is 71.8 Å². The number of hydrogen-bond acceptors (Lipinski definition) is 7. The minimum Gasteiger partial charge on any atom is -0.383 e. The molecule has 10 heteroatoms. The maximum atomic E-state index is 12.6. The maximum absolute atomic E-state index is 12.6. The van der Waals surface area contributed by atoms with Gasteiger partial charge in [-0.1, -0.05) is 40.5 Å². The van der Waals surface area contributed by atoms with Gasteiger partial charge in [0.05, 0.1) is 0 Å². The molecule has 0 fully saturated rings. The van der Waals surface area contributed by atoms with E-state index in [-0.39, 0.29) is 24.2 Å². The SMILES string of the molecule is C=CCNc1nn(CC(=O)Nc2ccc(C)cc2)c(N)c1-c1nc(-c2ccc(Cl)cc2)no1. The predicted molar refractivity (Wildman–Crippen MR) is 129 cm³/mol. The zero-order valence-electron chi connectivity index (χ0n) is 17.9. The highest BCUT2D eigenvalue weighted by Crippen LogP contribution is 2.33. The minimum atomic E-state index is -0.276. The summed E-state index contributed by atoms with van der Waals surface area (Å²) < 4.78 is 6.85. The van der Waals surface area contributed by atoms with Crippen LogP contribution in [0.25, 0.3) is 22.8 Å². The Hall–Kier alpha value is -4.11. The fourth-order valence-corrected chi connectivity index (χ4v) is 3.24. The number of benzene rings is 2. The number of aromatic nitrogens is 4. The Kier molecular flexibility index (Phi) is 6.41. The van der Waals surface area contributed by atoms with E-state index in [4.69, 9.17) is 21.9 Å². The van der Waals surface area contributed by atoms with Gasteiger partial charge in [-0.2, -0.15) is 10.1 Å². The molecule has 2 aromatic carbocycles. The summed E-state index contributed by atoms with van der Waals surface area (Å²) in [6.07, 6.45) is 1.68. The van der Waals surface area contributed by atoms with Crippen molar-refractivity contribution in [1.82, 2.24) is 19.9 Å². The highest BCUT2D eigenvalue weighted by molar-refractivity contribution is 6.30. The van der Waals surface area contributed by atoms with Crippen LogP contribution in [-0.2, 0) is 11.3 Å². The fraction of sp³-hybridized carbons (Fsp3) is 0.130. The Bertz CT molecular complexity index is 1280. The number of amides is 1. The van der Waals surface area contributed by atoms with E-state index in [1.54, 1.807) is 30.3 Å². The number of carbonyl (C=O) groups is 1. The molecule has 33 heavy (non-hydrogen) atoms. The number of halogens is 1. The maximum Gasteiger partial charge on any atom is 0.265 e. The van der Waals surface area contributed by atoms with Gasteiger partial charge in [-0.25, -0.2) is 4.68 Å². The number of hydrogen-bond donors (Lipinski definition) is 3. The lowest BCUT2D eigenvalue weighted by Crippen LogP contribution is -2.20. The molecular formula is C23H22ClN7O2. The zero-order valence-corrected chi connectivity index (χ0v) is 18.6. The average molecular weight is 464 g/mol. The first-order chi connectivity index (χ1) is 15.9. The van der Waals surface area contributed by atoms with Crippen LogP contribution in [0.5, 0.6) is 0 Å². The summed E-state index contributed by atoms with van der Waals surface area (Å²) in [6, 6.07) is 14.6. The molecule has 2 aromatic heterocycles. The summed E-state index contributed by atoms with van der Waals surface area (Å²) in [5.74, 6) is 0.894. The zero-order chi connectivity index (χ0) is 23.4. The Labute approximate surface area is 195 Å². The molecule has 4 N–H and O–H groups in total. The number of nitrogens with two attached hydrogens (primary N) is 1. The third-order valence-electron chi connectivity index (χ3n) is 4.78. The van der Waals surface area contributed by atoms with E-state index in [1.165, 1.54) is 4.68 Å².